The average molecular weight is 338 g/mol. The second-order valence-electron chi connectivity index (χ2n) is 6.51. The smallest absolute Gasteiger partial charge is 0.267 e. The van der Waals surface area contributed by atoms with Gasteiger partial charge in [0.15, 0.2) is 0 Å². The minimum Gasteiger partial charge on any atom is -0.381 e. The van der Waals surface area contributed by atoms with Crippen LogP contribution in [-0.2, 0) is 19.1 Å². The maximum absolute atomic E-state index is 12.4. The second kappa shape index (κ2) is 8.04. The van der Waals surface area contributed by atoms with Gasteiger partial charge >= 0.3 is 0 Å². The number of amides is 2. The molecule has 3 aliphatic heterocycles. The maximum atomic E-state index is 12.4. The van der Waals surface area contributed by atoms with E-state index in [1.54, 1.807) is 7.05 Å². The third-order valence-electron chi connectivity index (χ3n) is 4.96. The van der Waals surface area contributed by atoms with Crippen LogP contribution >= 0.6 is 0 Å². The van der Waals surface area contributed by atoms with Crippen LogP contribution in [0.25, 0.3) is 0 Å². The zero-order valence-corrected chi connectivity index (χ0v) is 14.2. The van der Waals surface area contributed by atoms with Crippen molar-refractivity contribution in [2.75, 3.05) is 53.1 Å². The van der Waals surface area contributed by atoms with E-state index in [0.29, 0.717) is 31.0 Å². The first kappa shape index (κ1) is 17.3. The van der Waals surface area contributed by atoms with Crippen LogP contribution in [0.5, 0.6) is 0 Å². The van der Waals surface area contributed by atoms with Crippen molar-refractivity contribution in [3.63, 3.8) is 0 Å². The average Bonchev–Trinajstić information content (AvgIpc) is 3.12. The summed E-state index contributed by atoms with van der Waals surface area (Å²) >= 11 is 0. The number of hydrogen-bond donors (Lipinski definition) is 1. The number of morpholine rings is 1. The molecular weight excluding hydrogens is 312 g/mol. The molecule has 3 heterocycles. The molecule has 8 nitrogen and oxygen atoms in total. The molecule has 0 aromatic carbocycles. The lowest BCUT2D eigenvalue weighted by atomic mass is 9.96. The van der Waals surface area contributed by atoms with Gasteiger partial charge in [-0.1, -0.05) is 0 Å². The van der Waals surface area contributed by atoms with E-state index in [9.17, 15) is 9.59 Å². The third-order valence-corrected chi connectivity index (χ3v) is 4.96. The molecule has 0 spiro atoms. The Balaban J connectivity index is 1.59. The minimum atomic E-state index is -0.175. The lowest BCUT2D eigenvalue weighted by Gasteiger charge is -2.37. The number of hydrogen-bond acceptors (Lipinski definition) is 6. The zero-order valence-electron chi connectivity index (χ0n) is 14.2. The quantitative estimate of drug-likeness (QED) is 0.727. The Morgan fingerprint density at radius 3 is 2.75 bits per heavy atom. The summed E-state index contributed by atoms with van der Waals surface area (Å²) in [7, 11) is 1.58. The van der Waals surface area contributed by atoms with Crippen molar-refractivity contribution in [1.29, 1.82) is 0 Å². The van der Waals surface area contributed by atoms with Gasteiger partial charge in [-0.05, 0) is 6.42 Å². The van der Waals surface area contributed by atoms with E-state index in [1.165, 1.54) is 5.01 Å². The first-order valence-corrected chi connectivity index (χ1v) is 8.67. The summed E-state index contributed by atoms with van der Waals surface area (Å²) in [6, 6.07) is 0.254. The van der Waals surface area contributed by atoms with Crippen molar-refractivity contribution < 1.29 is 19.1 Å². The number of carbonyl (C=O) groups is 2. The molecule has 0 saturated carbocycles. The molecule has 0 bridgehead atoms. The molecule has 1 N–H and O–H groups in total. The molecule has 24 heavy (non-hydrogen) atoms. The van der Waals surface area contributed by atoms with Crippen LogP contribution in [-0.4, -0.2) is 86.6 Å². The fourth-order valence-electron chi connectivity index (χ4n) is 3.49. The van der Waals surface area contributed by atoms with Crippen molar-refractivity contribution in [1.82, 2.24) is 15.2 Å². The van der Waals surface area contributed by atoms with E-state index in [-0.39, 0.29) is 17.9 Å². The molecule has 2 fully saturated rings. The van der Waals surface area contributed by atoms with Crippen molar-refractivity contribution in [2.24, 2.45) is 11.0 Å². The number of ether oxygens (including phenoxy) is 2. The third kappa shape index (κ3) is 4.12. The van der Waals surface area contributed by atoms with Gasteiger partial charge in [0.05, 0.1) is 19.8 Å². The molecule has 8 heteroatoms. The largest absolute Gasteiger partial charge is 0.381 e. The predicted octanol–water partition coefficient (Wildman–Crippen LogP) is -0.552. The summed E-state index contributed by atoms with van der Waals surface area (Å²) in [5.74, 6) is 0.202. The highest BCUT2D eigenvalue weighted by atomic mass is 16.5. The van der Waals surface area contributed by atoms with Gasteiger partial charge in [-0.15, -0.1) is 0 Å². The Hall–Kier alpha value is -1.51. The summed E-state index contributed by atoms with van der Waals surface area (Å²) in [6.45, 7) is 5.35. The molecular formula is C16H26N4O4. The van der Waals surface area contributed by atoms with Crippen LogP contribution < -0.4 is 5.32 Å². The van der Waals surface area contributed by atoms with E-state index < -0.39 is 0 Å². The summed E-state index contributed by atoms with van der Waals surface area (Å²) in [5.41, 5.74) is 0.431. The Labute approximate surface area is 142 Å². The summed E-state index contributed by atoms with van der Waals surface area (Å²) in [5, 5.41) is 8.35. The van der Waals surface area contributed by atoms with Crippen molar-refractivity contribution in [2.45, 2.75) is 25.3 Å². The predicted molar refractivity (Wildman–Crippen MR) is 87.6 cm³/mol. The minimum absolute atomic E-state index is 0.0548. The molecule has 3 rings (SSSR count). The van der Waals surface area contributed by atoms with Crippen LogP contribution in [0.4, 0.5) is 0 Å². The van der Waals surface area contributed by atoms with E-state index in [1.807, 2.05) is 0 Å². The van der Waals surface area contributed by atoms with Crippen LogP contribution in [0.3, 0.4) is 0 Å². The van der Waals surface area contributed by atoms with Gasteiger partial charge in [0.25, 0.3) is 5.91 Å². The molecule has 2 atom stereocenters. The van der Waals surface area contributed by atoms with Gasteiger partial charge in [0.2, 0.25) is 5.91 Å². The van der Waals surface area contributed by atoms with Crippen LogP contribution in [0.1, 0.15) is 19.3 Å². The lowest BCUT2D eigenvalue weighted by Crippen LogP contribution is -2.53. The van der Waals surface area contributed by atoms with Crippen molar-refractivity contribution in [3.8, 4) is 0 Å². The number of rotatable bonds is 5. The van der Waals surface area contributed by atoms with E-state index in [2.05, 4.69) is 15.3 Å². The topological polar surface area (TPSA) is 83.5 Å². The van der Waals surface area contributed by atoms with E-state index in [0.717, 1.165) is 45.9 Å². The molecule has 0 aromatic rings. The van der Waals surface area contributed by atoms with E-state index in [4.69, 9.17) is 9.47 Å². The molecule has 0 radical (unpaired) electrons. The molecule has 134 valence electrons. The fourth-order valence-corrected chi connectivity index (χ4v) is 3.49. The SMILES string of the molecule is CN1N=C(C(=O)NC[C@H]([C@H]2CCOC2)N2CCOCC2)CCC1=O. The lowest BCUT2D eigenvalue weighted by molar-refractivity contribution is -0.130. The Bertz CT molecular complexity index is 498. The van der Waals surface area contributed by atoms with Gasteiger partial charge in [-0.25, -0.2) is 5.01 Å². The molecule has 2 amide bonds. The summed E-state index contributed by atoms with van der Waals surface area (Å²) in [6.07, 6.45) is 1.77. The molecule has 2 saturated heterocycles. The number of nitrogens with one attached hydrogen (secondary N) is 1. The maximum Gasteiger partial charge on any atom is 0.267 e. The van der Waals surface area contributed by atoms with Gasteiger partial charge in [-0.2, -0.15) is 5.10 Å². The second-order valence-corrected chi connectivity index (χ2v) is 6.51. The Morgan fingerprint density at radius 2 is 2.08 bits per heavy atom. The standard InChI is InChI=1S/C16H26N4O4/c1-19-15(21)3-2-13(18-19)16(22)17-10-14(12-4-7-24-11-12)20-5-8-23-9-6-20/h12,14H,2-11H2,1H3,(H,17,22)/t12-,14+/m0/s1. The Morgan fingerprint density at radius 1 is 1.29 bits per heavy atom. The summed E-state index contributed by atoms with van der Waals surface area (Å²) < 4.78 is 11.0. The zero-order chi connectivity index (χ0) is 16.9. The van der Waals surface area contributed by atoms with Gasteiger partial charge in [0, 0.05) is 58.1 Å². The van der Waals surface area contributed by atoms with E-state index >= 15 is 0 Å². The highest BCUT2D eigenvalue weighted by Crippen LogP contribution is 2.22. The Kier molecular flexibility index (Phi) is 5.80. The van der Waals surface area contributed by atoms with Crippen LogP contribution in [0.15, 0.2) is 5.10 Å². The van der Waals surface area contributed by atoms with Crippen LogP contribution in [0.2, 0.25) is 0 Å². The first-order valence-electron chi connectivity index (χ1n) is 8.67. The van der Waals surface area contributed by atoms with Gasteiger partial charge in [0.1, 0.15) is 5.71 Å². The number of carbonyl (C=O) groups excluding carboxylic acids is 2. The first-order chi connectivity index (χ1) is 11.6. The van der Waals surface area contributed by atoms with Crippen molar-refractivity contribution >= 4 is 17.5 Å². The van der Waals surface area contributed by atoms with Crippen molar-refractivity contribution in [3.05, 3.63) is 0 Å². The molecule has 0 aliphatic carbocycles. The molecule has 0 unspecified atom stereocenters. The summed E-state index contributed by atoms with van der Waals surface area (Å²) in [4.78, 5) is 26.3. The molecule has 3 aliphatic rings. The fraction of sp³-hybridized carbons (Fsp3) is 0.812. The normalized spacial score (nSPS) is 27.0. The van der Waals surface area contributed by atoms with Gasteiger partial charge < -0.3 is 14.8 Å². The highest BCUT2D eigenvalue weighted by Gasteiger charge is 2.32. The highest BCUT2D eigenvalue weighted by molar-refractivity contribution is 6.39. The number of nitrogens with zero attached hydrogens (tertiary/aromatic N) is 3. The van der Waals surface area contributed by atoms with Crippen LogP contribution in [0, 0.1) is 5.92 Å². The van der Waals surface area contributed by atoms with Gasteiger partial charge in [-0.3, -0.25) is 14.5 Å². The number of hydrazone groups is 1. The molecule has 0 aromatic heterocycles. The monoisotopic (exact) mass is 338 g/mol.